The van der Waals surface area contributed by atoms with Crippen LogP contribution in [-0.2, 0) is 24.3 Å². The summed E-state index contributed by atoms with van der Waals surface area (Å²) in [4.78, 5) is 14.7. The third kappa shape index (κ3) is 7.51. The van der Waals surface area contributed by atoms with E-state index in [1.807, 2.05) is 30.3 Å². The van der Waals surface area contributed by atoms with Crippen LogP contribution in [-0.4, -0.2) is 29.9 Å². The first-order chi connectivity index (χ1) is 12.2. The molecule has 1 atom stereocenters. The molecule has 1 unspecified atom stereocenters. The van der Waals surface area contributed by atoms with Crippen molar-refractivity contribution in [3.05, 3.63) is 71.3 Å². The van der Waals surface area contributed by atoms with Crippen LogP contribution in [0.25, 0.3) is 0 Å². The number of hydrogen-bond donors (Lipinski definition) is 2. The third-order valence-electron chi connectivity index (χ3n) is 4.73. The number of nitrogens with two attached hydrogens (primary N) is 1. The molecule has 1 aliphatic heterocycles. The Kier molecular flexibility index (Phi) is 10.4. The Labute approximate surface area is 174 Å². The zero-order valence-electron chi connectivity index (χ0n) is 15.5. The minimum atomic E-state index is -0.517. The summed E-state index contributed by atoms with van der Waals surface area (Å²) in [6, 6.07) is 17.8. The van der Waals surface area contributed by atoms with Crippen molar-refractivity contribution in [2.45, 2.75) is 38.4 Å². The lowest BCUT2D eigenvalue weighted by atomic mass is 10.1. The van der Waals surface area contributed by atoms with Crippen LogP contribution >= 0.6 is 24.8 Å². The molecular formula is C21H29Cl2N3O. The molecule has 0 saturated carbocycles. The van der Waals surface area contributed by atoms with Crippen molar-refractivity contribution in [3.8, 4) is 0 Å². The van der Waals surface area contributed by atoms with E-state index in [9.17, 15) is 4.79 Å². The van der Waals surface area contributed by atoms with Crippen LogP contribution in [0.1, 0.15) is 29.5 Å². The quantitative estimate of drug-likeness (QED) is 0.737. The Balaban J connectivity index is 0.00000182. The highest BCUT2D eigenvalue weighted by Crippen LogP contribution is 2.13. The van der Waals surface area contributed by atoms with Crippen LogP contribution in [0.4, 0.5) is 0 Å². The Morgan fingerprint density at radius 1 is 0.926 bits per heavy atom. The number of likely N-dealkylation sites (tertiary alicyclic amines) is 1. The van der Waals surface area contributed by atoms with Crippen molar-refractivity contribution >= 4 is 30.7 Å². The van der Waals surface area contributed by atoms with E-state index in [2.05, 4.69) is 34.5 Å². The van der Waals surface area contributed by atoms with Crippen molar-refractivity contribution in [2.24, 2.45) is 5.73 Å². The Morgan fingerprint density at radius 2 is 1.52 bits per heavy atom. The van der Waals surface area contributed by atoms with Gasteiger partial charge in [-0.3, -0.25) is 9.69 Å². The van der Waals surface area contributed by atoms with Crippen molar-refractivity contribution in [1.82, 2.24) is 10.2 Å². The topological polar surface area (TPSA) is 58.4 Å². The molecule has 27 heavy (non-hydrogen) atoms. The number of benzene rings is 2. The number of hydrogen-bond acceptors (Lipinski definition) is 3. The summed E-state index contributed by atoms with van der Waals surface area (Å²) in [5.74, 6) is -0.106. The molecule has 4 nitrogen and oxygen atoms in total. The summed E-state index contributed by atoms with van der Waals surface area (Å²) in [6.07, 6.45) is 3.18. The van der Waals surface area contributed by atoms with E-state index >= 15 is 0 Å². The Morgan fingerprint density at radius 3 is 2.15 bits per heavy atom. The van der Waals surface area contributed by atoms with Crippen LogP contribution < -0.4 is 11.1 Å². The van der Waals surface area contributed by atoms with Gasteiger partial charge in [0.2, 0.25) is 5.91 Å². The van der Waals surface area contributed by atoms with Gasteiger partial charge in [0.15, 0.2) is 0 Å². The zero-order chi connectivity index (χ0) is 17.5. The standard InChI is InChI=1S/C21H27N3O.2ClH/c22-20(14-17-6-2-1-3-7-17)21(25)23-15-18-8-10-19(11-9-18)16-24-12-4-5-13-24;;/h1-3,6-11,20H,4-5,12-16,22H2,(H,23,25);2*1H. The smallest absolute Gasteiger partial charge is 0.237 e. The van der Waals surface area contributed by atoms with Crippen LogP contribution in [0.5, 0.6) is 0 Å². The molecule has 1 aliphatic rings. The summed E-state index contributed by atoms with van der Waals surface area (Å²) >= 11 is 0. The van der Waals surface area contributed by atoms with Gasteiger partial charge in [-0.05, 0) is 49.0 Å². The molecule has 1 heterocycles. The van der Waals surface area contributed by atoms with E-state index in [-0.39, 0.29) is 30.7 Å². The van der Waals surface area contributed by atoms with E-state index in [1.165, 1.54) is 31.5 Å². The first-order valence-electron chi connectivity index (χ1n) is 9.08. The van der Waals surface area contributed by atoms with Gasteiger partial charge in [-0.2, -0.15) is 0 Å². The summed E-state index contributed by atoms with van der Waals surface area (Å²) < 4.78 is 0. The molecule has 148 valence electrons. The van der Waals surface area contributed by atoms with Gasteiger partial charge >= 0.3 is 0 Å². The second kappa shape index (κ2) is 12.0. The lowest BCUT2D eigenvalue weighted by Crippen LogP contribution is -2.41. The molecule has 3 N–H and O–H groups in total. The van der Waals surface area contributed by atoms with Crippen molar-refractivity contribution in [3.63, 3.8) is 0 Å². The monoisotopic (exact) mass is 409 g/mol. The first-order valence-corrected chi connectivity index (χ1v) is 9.08. The highest BCUT2D eigenvalue weighted by molar-refractivity contribution is 5.85. The molecule has 2 aromatic carbocycles. The van der Waals surface area contributed by atoms with Gasteiger partial charge in [0, 0.05) is 13.1 Å². The summed E-state index contributed by atoms with van der Waals surface area (Å²) in [6.45, 7) is 3.95. The predicted octanol–water partition coefficient (Wildman–Crippen LogP) is 3.31. The van der Waals surface area contributed by atoms with Gasteiger partial charge in [0.1, 0.15) is 0 Å². The second-order valence-electron chi connectivity index (χ2n) is 6.81. The highest BCUT2D eigenvalue weighted by Gasteiger charge is 2.14. The molecule has 1 saturated heterocycles. The molecule has 3 rings (SSSR count). The Bertz CT molecular complexity index is 674. The number of nitrogens with zero attached hydrogens (tertiary/aromatic N) is 1. The fourth-order valence-corrected chi connectivity index (χ4v) is 3.24. The first kappa shape index (κ1) is 23.4. The lowest BCUT2D eigenvalue weighted by Gasteiger charge is -2.15. The van der Waals surface area contributed by atoms with Crippen molar-refractivity contribution in [2.75, 3.05) is 13.1 Å². The van der Waals surface area contributed by atoms with E-state index < -0.39 is 6.04 Å². The molecular weight excluding hydrogens is 381 g/mol. The number of carbonyl (C=O) groups excluding carboxylic acids is 1. The van der Waals surface area contributed by atoms with Crippen LogP contribution in [0.2, 0.25) is 0 Å². The fraction of sp³-hybridized carbons (Fsp3) is 0.381. The maximum absolute atomic E-state index is 12.2. The summed E-state index contributed by atoms with van der Waals surface area (Å²) in [5.41, 5.74) is 9.52. The average molecular weight is 410 g/mol. The molecule has 6 heteroatoms. The lowest BCUT2D eigenvalue weighted by molar-refractivity contribution is -0.122. The van der Waals surface area contributed by atoms with Gasteiger partial charge in [0.05, 0.1) is 6.04 Å². The maximum Gasteiger partial charge on any atom is 0.237 e. The molecule has 0 bridgehead atoms. The summed E-state index contributed by atoms with van der Waals surface area (Å²) in [5, 5.41) is 2.94. The zero-order valence-corrected chi connectivity index (χ0v) is 17.1. The van der Waals surface area contributed by atoms with Crippen LogP contribution in [0, 0.1) is 0 Å². The van der Waals surface area contributed by atoms with Gasteiger partial charge in [-0.25, -0.2) is 0 Å². The fourth-order valence-electron chi connectivity index (χ4n) is 3.24. The normalized spacial score (nSPS) is 14.7. The SMILES string of the molecule is Cl.Cl.NC(Cc1ccccc1)C(=O)NCc1ccc(CN2CCCC2)cc1. The van der Waals surface area contributed by atoms with Gasteiger partial charge in [0.25, 0.3) is 0 Å². The van der Waals surface area contributed by atoms with Crippen LogP contribution in [0.3, 0.4) is 0 Å². The third-order valence-corrected chi connectivity index (χ3v) is 4.73. The predicted molar refractivity (Wildman–Crippen MR) is 115 cm³/mol. The molecule has 2 aromatic rings. The van der Waals surface area contributed by atoms with Crippen molar-refractivity contribution in [1.29, 1.82) is 0 Å². The van der Waals surface area contributed by atoms with E-state index in [0.29, 0.717) is 13.0 Å². The minimum Gasteiger partial charge on any atom is -0.351 e. The average Bonchev–Trinajstić information content (AvgIpc) is 3.14. The van der Waals surface area contributed by atoms with Gasteiger partial charge in [-0.1, -0.05) is 54.6 Å². The van der Waals surface area contributed by atoms with E-state index in [1.54, 1.807) is 0 Å². The second-order valence-corrected chi connectivity index (χ2v) is 6.81. The number of rotatable bonds is 7. The number of nitrogens with one attached hydrogen (secondary N) is 1. The number of halogens is 2. The largest absolute Gasteiger partial charge is 0.351 e. The molecule has 0 aliphatic carbocycles. The Hall–Kier alpha value is -1.59. The van der Waals surface area contributed by atoms with E-state index in [4.69, 9.17) is 5.73 Å². The maximum atomic E-state index is 12.2. The highest BCUT2D eigenvalue weighted by atomic mass is 35.5. The molecule has 0 aromatic heterocycles. The molecule has 1 fully saturated rings. The molecule has 1 amide bonds. The number of amides is 1. The van der Waals surface area contributed by atoms with Gasteiger partial charge < -0.3 is 11.1 Å². The number of carbonyl (C=O) groups is 1. The summed E-state index contributed by atoms with van der Waals surface area (Å²) in [7, 11) is 0. The van der Waals surface area contributed by atoms with Gasteiger partial charge in [-0.15, -0.1) is 24.8 Å². The molecule has 0 radical (unpaired) electrons. The molecule has 0 spiro atoms. The van der Waals surface area contributed by atoms with E-state index in [0.717, 1.165) is 17.7 Å². The minimum absolute atomic E-state index is 0. The van der Waals surface area contributed by atoms with Crippen molar-refractivity contribution < 1.29 is 4.79 Å². The van der Waals surface area contributed by atoms with Crippen LogP contribution in [0.15, 0.2) is 54.6 Å².